The third kappa shape index (κ3) is 2.99. The van der Waals surface area contributed by atoms with Crippen molar-refractivity contribution in [3.05, 3.63) is 22.3 Å². The molecule has 94 valence electrons. The Labute approximate surface area is 111 Å². The molecule has 1 saturated carbocycles. The van der Waals surface area contributed by atoms with E-state index in [1.807, 2.05) is 6.20 Å². The van der Waals surface area contributed by atoms with Crippen LogP contribution >= 0.6 is 15.9 Å². The fourth-order valence-electron chi connectivity index (χ4n) is 2.23. The van der Waals surface area contributed by atoms with Crippen molar-refractivity contribution in [1.82, 2.24) is 4.98 Å². The highest BCUT2D eigenvalue weighted by Gasteiger charge is 2.26. The van der Waals surface area contributed by atoms with E-state index in [4.69, 9.17) is 5.11 Å². The summed E-state index contributed by atoms with van der Waals surface area (Å²) < 4.78 is 1.02. The van der Waals surface area contributed by atoms with Gasteiger partial charge in [0.25, 0.3) is 0 Å². The highest BCUT2D eigenvalue weighted by molar-refractivity contribution is 9.10. The van der Waals surface area contributed by atoms with Gasteiger partial charge < -0.3 is 10.0 Å². The number of aliphatic hydroxyl groups is 1. The first-order valence-electron chi connectivity index (χ1n) is 6.22. The molecule has 1 N–H and O–H groups in total. The summed E-state index contributed by atoms with van der Waals surface area (Å²) in [6.07, 6.45) is 6.49. The van der Waals surface area contributed by atoms with Crippen molar-refractivity contribution in [2.75, 3.05) is 18.1 Å². The van der Waals surface area contributed by atoms with Crippen LogP contribution < -0.4 is 4.90 Å². The first kappa shape index (κ1) is 12.8. The zero-order valence-electron chi connectivity index (χ0n) is 10.2. The van der Waals surface area contributed by atoms with Crippen LogP contribution in [0.15, 0.2) is 16.7 Å². The molecule has 0 spiro atoms. The standard InChI is InChI=1S/C13H19BrN2O/c1-10-8-11(14)9-15-13(10)16(6-3-7-17)12-4-2-5-12/h8-9,12,17H,2-7H2,1H3. The Balaban J connectivity index is 2.17. The predicted octanol–water partition coefficient (Wildman–Crippen LogP) is 2.89. The fraction of sp³-hybridized carbons (Fsp3) is 0.615. The second-order valence-electron chi connectivity index (χ2n) is 4.65. The van der Waals surface area contributed by atoms with Crippen LogP contribution in [0.4, 0.5) is 5.82 Å². The Hall–Kier alpha value is -0.610. The second kappa shape index (κ2) is 5.83. The minimum Gasteiger partial charge on any atom is -0.396 e. The molecule has 1 aliphatic carbocycles. The Morgan fingerprint density at radius 1 is 1.53 bits per heavy atom. The van der Waals surface area contributed by atoms with Gasteiger partial charge in [-0.25, -0.2) is 4.98 Å². The van der Waals surface area contributed by atoms with Crippen LogP contribution in [0.2, 0.25) is 0 Å². The Kier molecular flexibility index (Phi) is 4.40. The van der Waals surface area contributed by atoms with Gasteiger partial charge in [-0.3, -0.25) is 0 Å². The van der Waals surface area contributed by atoms with E-state index >= 15 is 0 Å². The number of hydrogen-bond acceptors (Lipinski definition) is 3. The normalized spacial score (nSPS) is 15.7. The number of halogens is 1. The van der Waals surface area contributed by atoms with Crippen LogP contribution in [0.1, 0.15) is 31.2 Å². The van der Waals surface area contributed by atoms with Gasteiger partial charge in [-0.2, -0.15) is 0 Å². The molecule has 1 fully saturated rings. The van der Waals surface area contributed by atoms with Crippen molar-refractivity contribution in [3.8, 4) is 0 Å². The molecule has 0 atom stereocenters. The van der Waals surface area contributed by atoms with Crippen LogP contribution in [0.3, 0.4) is 0 Å². The average molecular weight is 299 g/mol. The minimum atomic E-state index is 0.249. The maximum absolute atomic E-state index is 8.99. The van der Waals surface area contributed by atoms with Gasteiger partial charge in [0, 0.05) is 29.9 Å². The second-order valence-corrected chi connectivity index (χ2v) is 5.56. The Bertz CT molecular complexity index is 380. The molecule has 17 heavy (non-hydrogen) atoms. The molecule has 0 amide bonds. The summed E-state index contributed by atoms with van der Waals surface area (Å²) in [5.74, 6) is 1.08. The van der Waals surface area contributed by atoms with E-state index in [2.05, 4.69) is 38.8 Å². The molecule has 1 aromatic heterocycles. The summed E-state index contributed by atoms with van der Waals surface area (Å²) in [4.78, 5) is 6.89. The fourth-order valence-corrected chi connectivity index (χ4v) is 2.68. The lowest BCUT2D eigenvalue weighted by molar-refractivity contribution is 0.282. The monoisotopic (exact) mass is 298 g/mol. The first-order chi connectivity index (χ1) is 8.22. The Morgan fingerprint density at radius 3 is 2.82 bits per heavy atom. The summed E-state index contributed by atoms with van der Waals surface area (Å²) in [5.41, 5.74) is 1.20. The zero-order chi connectivity index (χ0) is 12.3. The van der Waals surface area contributed by atoms with Crippen molar-refractivity contribution in [2.45, 2.75) is 38.6 Å². The zero-order valence-corrected chi connectivity index (χ0v) is 11.8. The van der Waals surface area contributed by atoms with Crippen LogP contribution in [0.5, 0.6) is 0 Å². The van der Waals surface area contributed by atoms with Crippen molar-refractivity contribution in [1.29, 1.82) is 0 Å². The quantitative estimate of drug-likeness (QED) is 0.908. The molecule has 1 heterocycles. The van der Waals surface area contributed by atoms with Crippen molar-refractivity contribution in [3.63, 3.8) is 0 Å². The van der Waals surface area contributed by atoms with Gasteiger partial charge in [-0.15, -0.1) is 0 Å². The molecule has 1 aromatic rings. The summed E-state index contributed by atoms with van der Waals surface area (Å²) in [6.45, 7) is 3.24. The maximum atomic E-state index is 8.99. The molecule has 0 bridgehead atoms. The molecule has 0 aromatic carbocycles. The largest absolute Gasteiger partial charge is 0.396 e. The molecule has 2 rings (SSSR count). The third-order valence-electron chi connectivity index (χ3n) is 3.36. The molecule has 0 unspecified atom stereocenters. The summed E-state index contributed by atoms with van der Waals surface area (Å²) >= 11 is 3.45. The molecule has 0 radical (unpaired) electrons. The smallest absolute Gasteiger partial charge is 0.131 e. The molecule has 1 aliphatic rings. The number of anilines is 1. The van der Waals surface area contributed by atoms with Crippen LogP contribution in [0.25, 0.3) is 0 Å². The van der Waals surface area contributed by atoms with E-state index in [9.17, 15) is 0 Å². The number of hydrogen-bond donors (Lipinski definition) is 1. The lowest BCUT2D eigenvalue weighted by atomic mass is 9.91. The Morgan fingerprint density at radius 2 is 2.29 bits per heavy atom. The summed E-state index contributed by atoms with van der Waals surface area (Å²) in [7, 11) is 0. The van der Waals surface area contributed by atoms with Gasteiger partial charge in [0.1, 0.15) is 5.82 Å². The lowest BCUT2D eigenvalue weighted by Crippen LogP contribution is -2.42. The van der Waals surface area contributed by atoms with E-state index in [1.54, 1.807) is 0 Å². The van der Waals surface area contributed by atoms with Gasteiger partial charge >= 0.3 is 0 Å². The number of nitrogens with zero attached hydrogens (tertiary/aromatic N) is 2. The van der Waals surface area contributed by atoms with Crippen molar-refractivity contribution >= 4 is 21.7 Å². The summed E-state index contributed by atoms with van der Waals surface area (Å²) in [6, 6.07) is 2.72. The van der Waals surface area contributed by atoms with Crippen LogP contribution in [0, 0.1) is 6.92 Å². The highest BCUT2D eigenvalue weighted by Crippen LogP contribution is 2.31. The van der Waals surface area contributed by atoms with Gasteiger partial charge in [0.2, 0.25) is 0 Å². The molecular formula is C13H19BrN2O. The van der Waals surface area contributed by atoms with Gasteiger partial charge in [-0.1, -0.05) is 0 Å². The molecule has 0 aliphatic heterocycles. The van der Waals surface area contributed by atoms with E-state index in [0.717, 1.165) is 23.3 Å². The minimum absolute atomic E-state index is 0.249. The van der Waals surface area contributed by atoms with E-state index in [1.165, 1.54) is 24.8 Å². The van der Waals surface area contributed by atoms with Crippen molar-refractivity contribution < 1.29 is 5.11 Å². The molecular weight excluding hydrogens is 280 g/mol. The summed E-state index contributed by atoms with van der Waals surface area (Å²) in [5, 5.41) is 8.99. The highest BCUT2D eigenvalue weighted by atomic mass is 79.9. The van der Waals surface area contributed by atoms with Crippen LogP contribution in [-0.4, -0.2) is 29.3 Å². The predicted molar refractivity (Wildman–Crippen MR) is 73.4 cm³/mol. The van der Waals surface area contributed by atoms with Crippen LogP contribution in [-0.2, 0) is 0 Å². The molecule has 0 saturated heterocycles. The number of rotatable bonds is 5. The van der Waals surface area contributed by atoms with Gasteiger partial charge in [0.05, 0.1) is 0 Å². The van der Waals surface area contributed by atoms with Gasteiger partial charge in [0.15, 0.2) is 0 Å². The third-order valence-corrected chi connectivity index (χ3v) is 3.80. The lowest BCUT2D eigenvalue weighted by Gasteiger charge is -2.39. The maximum Gasteiger partial charge on any atom is 0.131 e. The van der Waals surface area contributed by atoms with E-state index in [-0.39, 0.29) is 6.61 Å². The number of aliphatic hydroxyl groups excluding tert-OH is 1. The topological polar surface area (TPSA) is 36.4 Å². The number of pyridine rings is 1. The number of aryl methyl sites for hydroxylation is 1. The number of aromatic nitrogens is 1. The average Bonchev–Trinajstić information content (AvgIpc) is 2.22. The molecule has 4 heteroatoms. The van der Waals surface area contributed by atoms with Crippen molar-refractivity contribution in [2.24, 2.45) is 0 Å². The van der Waals surface area contributed by atoms with Gasteiger partial charge in [-0.05, 0) is 60.2 Å². The van der Waals surface area contributed by atoms with E-state index < -0.39 is 0 Å². The molecule has 3 nitrogen and oxygen atoms in total. The van der Waals surface area contributed by atoms with E-state index in [0.29, 0.717) is 6.04 Å². The SMILES string of the molecule is Cc1cc(Br)cnc1N(CCCO)C1CCC1. The first-order valence-corrected chi connectivity index (χ1v) is 7.01.